The fourth-order valence-electron chi connectivity index (χ4n) is 4.95. The molecule has 1 saturated heterocycles. The molecule has 35 heavy (non-hydrogen) atoms. The van der Waals surface area contributed by atoms with E-state index in [1.807, 2.05) is 61.5 Å². The number of halogens is 1. The van der Waals surface area contributed by atoms with Gasteiger partial charge in [0.1, 0.15) is 5.82 Å². The second-order valence-corrected chi connectivity index (χ2v) is 9.68. The second-order valence-electron chi connectivity index (χ2n) is 9.25. The van der Waals surface area contributed by atoms with Gasteiger partial charge in [-0.3, -0.25) is 4.79 Å². The molecule has 0 spiro atoms. The maximum Gasteiger partial charge on any atom is 0.235 e. The Morgan fingerprint density at radius 1 is 0.971 bits per heavy atom. The number of nitrogens with one attached hydrogen (secondary N) is 2. The van der Waals surface area contributed by atoms with Crippen LogP contribution in [0.1, 0.15) is 36.9 Å². The van der Waals surface area contributed by atoms with Crippen LogP contribution in [-0.2, 0) is 14.9 Å². The fourth-order valence-corrected chi connectivity index (χ4v) is 5.08. The number of aryl methyl sites for hydroxylation is 1. The number of aromatic nitrogens is 2. The van der Waals surface area contributed by atoms with E-state index in [0.29, 0.717) is 24.2 Å². The van der Waals surface area contributed by atoms with Crippen LogP contribution in [0.25, 0.3) is 0 Å². The lowest BCUT2D eigenvalue weighted by atomic mass is 9.78. The summed E-state index contributed by atoms with van der Waals surface area (Å²) >= 11 is 6.08. The number of rotatable bonds is 6. The Bertz CT molecular complexity index is 1170. The molecule has 1 aliphatic carbocycles. The van der Waals surface area contributed by atoms with Crippen LogP contribution in [0.15, 0.2) is 54.6 Å². The molecular weight excluding hydrogens is 462 g/mol. The summed E-state index contributed by atoms with van der Waals surface area (Å²) in [5.74, 6) is 1.49. The number of morpholine rings is 1. The van der Waals surface area contributed by atoms with E-state index < -0.39 is 5.41 Å². The summed E-state index contributed by atoms with van der Waals surface area (Å²) in [6.45, 7) is 4.91. The first kappa shape index (κ1) is 23.6. The van der Waals surface area contributed by atoms with Gasteiger partial charge in [-0.25, -0.2) is 4.98 Å². The molecule has 2 aliphatic rings. The molecule has 5 rings (SSSR count). The number of hydrogen-bond donors (Lipinski definition) is 2. The minimum atomic E-state index is -0.504. The van der Waals surface area contributed by atoms with Crippen LogP contribution < -0.4 is 15.5 Å². The summed E-state index contributed by atoms with van der Waals surface area (Å²) in [6, 6.07) is 17.4. The van der Waals surface area contributed by atoms with Crippen LogP contribution in [0.4, 0.5) is 23.1 Å². The second kappa shape index (κ2) is 10.2. The van der Waals surface area contributed by atoms with Gasteiger partial charge in [-0.05, 0) is 61.7 Å². The number of ether oxygens (including phenoxy) is 1. The summed E-state index contributed by atoms with van der Waals surface area (Å²) in [4.78, 5) is 24.8. The molecule has 1 saturated carbocycles. The number of carbonyl (C=O) groups is 1. The minimum Gasteiger partial charge on any atom is -0.378 e. The van der Waals surface area contributed by atoms with Crippen molar-refractivity contribution in [2.24, 2.45) is 0 Å². The van der Waals surface area contributed by atoms with Gasteiger partial charge in [-0.15, -0.1) is 0 Å². The number of anilines is 4. The maximum atomic E-state index is 13.4. The average Bonchev–Trinajstić information content (AvgIpc) is 3.37. The normalized spacial score (nSPS) is 17.3. The van der Waals surface area contributed by atoms with Gasteiger partial charge in [-0.1, -0.05) is 36.6 Å². The molecule has 2 heterocycles. The highest BCUT2D eigenvalue weighted by molar-refractivity contribution is 6.30. The quantitative estimate of drug-likeness (QED) is 0.476. The Balaban J connectivity index is 1.28. The van der Waals surface area contributed by atoms with Crippen molar-refractivity contribution in [3.05, 3.63) is 70.9 Å². The van der Waals surface area contributed by atoms with Crippen molar-refractivity contribution in [3.8, 4) is 0 Å². The van der Waals surface area contributed by atoms with Crippen LogP contribution in [0.3, 0.4) is 0 Å². The van der Waals surface area contributed by atoms with Crippen molar-refractivity contribution in [2.45, 2.75) is 38.0 Å². The Labute approximate surface area is 210 Å². The molecule has 1 aliphatic heterocycles. The van der Waals surface area contributed by atoms with Crippen molar-refractivity contribution in [2.75, 3.05) is 41.8 Å². The zero-order valence-corrected chi connectivity index (χ0v) is 20.6. The molecule has 0 atom stereocenters. The molecule has 7 nitrogen and oxygen atoms in total. The lowest BCUT2D eigenvalue weighted by Crippen LogP contribution is -2.37. The van der Waals surface area contributed by atoms with Crippen LogP contribution in [0.5, 0.6) is 0 Å². The molecule has 0 bridgehead atoms. The van der Waals surface area contributed by atoms with Crippen molar-refractivity contribution in [3.63, 3.8) is 0 Å². The third kappa shape index (κ3) is 5.26. The first-order chi connectivity index (χ1) is 17.0. The molecule has 182 valence electrons. The highest BCUT2D eigenvalue weighted by Crippen LogP contribution is 2.42. The van der Waals surface area contributed by atoms with Crippen molar-refractivity contribution in [1.29, 1.82) is 0 Å². The summed E-state index contributed by atoms with van der Waals surface area (Å²) < 4.78 is 5.44. The molecule has 2 N–H and O–H groups in total. The molecule has 1 amide bonds. The predicted molar refractivity (Wildman–Crippen MR) is 140 cm³/mol. The maximum absolute atomic E-state index is 13.4. The Kier molecular flexibility index (Phi) is 6.88. The van der Waals surface area contributed by atoms with Crippen molar-refractivity contribution < 1.29 is 9.53 Å². The topological polar surface area (TPSA) is 79.4 Å². The molecule has 0 radical (unpaired) electrons. The Morgan fingerprint density at radius 2 is 1.63 bits per heavy atom. The first-order valence-corrected chi connectivity index (χ1v) is 12.5. The third-order valence-electron chi connectivity index (χ3n) is 6.84. The highest BCUT2D eigenvalue weighted by atomic mass is 35.5. The fraction of sp³-hybridized carbons (Fsp3) is 0.370. The van der Waals surface area contributed by atoms with Crippen LogP contribution in [0.2, 0.25) is 5.02 Å². The van der Waals surface area contributed by atoms with Gasteiger partial charge in [0.05, 0.1) is 18.6 Å². The monoisotopic (exact) mass is 491 g/mol. The van der Waals surface area contributed by atoms with Crippen LogP contribution in [0, 0.1) is 6.92 Å². The molecular formula is C27H30ClN5O2. The molecule has 0 unspecified atom stereocenters. The minimum absolute atomic E-state index is 0.0413. The smallest absolute Gasteiger partial charge is 0.235 e. The van der Waals surface area contributed by atoms with Gasteiger partial charge in [0.25, 0.3) is 0 Å². The first-order valence-electron chi connectivity index (χ1n) is 12.1. The number of amides is 1. The lowest BCUT2D eigenvalue weighted by molar-refractivity contribution is -0.121. The van der Waals surface area contributed by atoms with Gasteiger partial charge in [0.2, 0.25) is 11.9 Å². The Hall–Kier alpha value is -3.16. The van der Waals surface area contributed by atoms with Gasteiger partial charge >= 0.3 is 0 Å². The van der Waals surface area contributed by atoms with E-state index in [2.05, 4.69) is 20.5 Å². The summed E-state index contributed by atoms with van der Waals surface area (Å²) in [5, 5.41) is 7.19. The number of hydrogen-bond acceptors (Lipinski definition) is 6. The molecule has 8 heteroatoms. The zero-order valence-electron chi connectivity index (χ0n) is 19.9. The van der Waals surface area contributed by atoms with Crippen LogP contribution in [-0.4, -0.2) is 42.2 Å². The van der Waals surface area contributed by atoms with Crippen LogP contribution >= 0.6 is 11.6 Å². The van der Waals surface area contributed by atoms with E-state index in [1.165, 1.54) is 0 Å². The third-order valence-corrected chi connectivity index (χ3v) is 7.09. The standard InChI is InChI=1S/C27H30ClN5O2/c1-19-18-24(32-26(29-19)33-14-16-35-17-15-33)30-22-8-10-23(11-9-22)31-25(34)27(12-2-3-13-27)20-4-6-21(28)7-5-20/h4-11,18H,2-3,12-17H2,1H3,(H,31,34)(H,29,30,32). The molecule has 2 fully saturated rings. The van der Waals surface area contributed by atoms with E-state index in [9.17, 15) is 4.79 Å². The number of nitrogens with zero attached hydrogens (tertiary/aromatic N) is 3. The SMILES string of the molecule is Cc1cc(Nc2ccc(NC(=O)C3(c4ccc(Cl)cc4)CCCC3)cc2)nc(N2CCOCC2)n1. The van der Waals surface area contributed by atoms with E-state index in [4.69, 9.17) is 21.3 Å². The van der Waals surface area contributed by atoms with E-state index in [1.54, 1.807) is 0 Å². The molecule has 2 aromatic carbocycles. The van der Waals surface area contributed by atoms with E-state index in [0.717, 1.165) is 67.2 Å². The van der Waals surface area contributed by atoms with E-state index in [-0.39, 0.29) is 5.91 Å². The summed E-state index contributed by atoms with van der Waals surface area (Å²) in [5.41, 5.74) is 3.09. The molecule has 3 aromatic rings. The highest BCUT2D eigenvalue weighted by Gasteiger charge is 2.42. The number of benzene rings is 2. The Morgan fingerprint density at radius 3 is 2.31 bits per heavy atom. The molecule has 1 aromatic heterocycles. The van der Waals surface area contributed by atoms with Gasteiger partial charge < -0.3 is 20.3 Å². The predicted octanol–water partition coefficient (Wildman–Crippen LogP) is 5.47. The van der Waals surface area contributed by atoms with Crippen molar-refractivity contribution >= 4 is 40.6 Å². The lowest BCUT2D eigenvalue weighted by Gasteiger charge is -2.28. The average molecular weight is 492 g/mol. The largest absolute Gasteiger partial charge is 0.378 e. The van der Waals surface area contributed by atoms with E-state index >= 15 is 0 Å². The van der Waals surface area contributed by atoms with Gasteiger partial charge in [0.15, 0.2) is 0 Å². The number of carbonyl (C=O) groups excluding carboxylic acids is 1. The summed E-state index contributed by atoms with van der Waals surface area (Å²) in [7, 11) is 0. The van der Waals surface area contributed by atoms with Gasteiger partial charge in [-0.2, -0.15) is 4.98 Å². The van der Waals surface area contributed by atoms with Crippen molar-refractivity contribution in [1.82, 2.24) is 9.97 Å². The zero-order chi connectivity index (χ0) is 24.3. The summed E-state index contributed by atoms with van der Waals surface area (Å²) in [6.07, 6.45) is 3.78. The van der Waals surface area contributed by atoms with Gasteiger partial charge in [0, 0.05) is 41.2 Å².